The minimum atomic E-state index is -1.46. The maximum absolute atomic E-state index is 4.70. The van der Waals surface area contributed by atoms with Gasteiger partial charge in [0.15, 0.2) is 0 Å². The summed E-state index contributed by atoms with van der Waals surface area (Å²) in [4.78, 5) is 4.70. The highest BCUT2D eigenvalue weighted by molar-refractivity contribution is 6.94. The molecule has 0 bridgehead atoms. The molecule has 4 rings (SSSR count). The first-order valence-corrected chi connectivity index (χ1v) is 10.3. The number of benzene rings is 1. The second kappa shape index (κ2) is 3.61. The second-order valence-corrected chi connectivity index (χ2v) is 11.2. The molecule has 0 saturated carbocycles. The number of nitrogens with zero attached hydrogens (tertiary/aromatic N) is 2. The molecule has 100 valence electrons. The van der Waals surface area contributed by atoms with Gasteiger partial charge in [0.25, 0.3) is 0 Å². The number of pyridine rings is 1. The average molecular weight is 278 g/mol. The number of imidazole rings is 1. The first-order chi connectivity index (χ1) is 9.50. The summed E-state index contributed by atoms with van der Waals surface area (Å²) >= 11 is 0. The molecule has 0 spiro atoms. The normalized spacial score (nSPS) is 17.1. The van der Waals surface area contributed by atoms with Crippen molar-refractivity contribution in [2.45, 2.75) is 26.1 Å². The molecule has 2 nitrogen and oxygen atoms in total. The largest absolute Gasteiger partial charge is 0.297 e. The minimum absolute atomic E-state index is 1.09. The highest BCUT2D eigenvalue weighted by atomic mass is 28.3. The topological polar surface area (TPSA) is 17.3 Å². The fourth-order valence-corrected chi connectivity index (χ4v) is 5.80. The zero-order valence-corrected chi connectivity index (χ0v) is 13.2. The highest BCUT2D eigenvalue weighted by Crippen LogP contribution is 2.38. The minimum Gasteiger partial charge on any atom is -0.297 e. The summed E-state index contributed by atoms with van der Waals surface area (Å²) in [5.41, 5.74) is 5.10. The van der Waals surface area contributed by atoms with Crippen LogP contribution in [-0.2, 0) is 6.04 Å². The number of hydrogen-bond donors (Lipinski definition) is 0. The third-order valence-electron chi connectivity index (χ3n) is 4.71. The molecule has 1 aliphatic heterocycles. The average Bonchev–Trinajstić information content (AvgIpc) is 2.82. The molecule has 0 saturated heterocycles. The van der Waals surface area contributed by atoms with Crippen molar-refractivity contribution in [1.29, 1.82) is 0 Å². The molecule has 0 fully saturated rings. The lowest BCUT2D eigenvalue weighted by atomic mass is 10.0. The summed E-state index contributed by atoms with van der Waals surface area (Å²) in [6, 6.07) is 9.71. The maximum atomic E-state index is 4.70. The van der Waals surface area contributed by atoms with Gasteiger partial charge in [0, 0.05) is 23.0 Å². The molecule has 3 heteroatoms. The molecule has 1 aliphatic rings. The SMILES string of the molecule is C=C1c2c(C)c3ccccc3c3ncc(n23)C[Si]1(C)C. The quantitative estimate of drug-likeness (QED) is 0.565. The Labute approximate surface area is 119 Å². The zero-order chi connectivity index (χ0) is 14.1. The Morgan fingerprint density at radius 1 is 1.20 bits per heavy atom. The molecular weight excluding hydrogens is 260 g/mol. The van der Waals surface area contributed by atoms with Crippen molar-refractivity contribution in [2.24, 2.45) is 0 Å². The predicted octanol–water partition coefficient (Wildman–Crippen LogP) is 4.15. The van der Waals surface area contributed by atoms with Crippen molar-refractivity contribution in [2.75, 3.05) is 0 Å². The van der Waals surface area contributed by atoms with Crippen molar-refractivity contribution in [3.05, 3.63) is 54.0 Å². The molecule has 0 unspecified atom stereocenters. The van der Waals surface area contributed by atoms with E-state index in [0.717, 1.165) is 11.7 Å². The lowest BCUT2D eigenvalue weighted by molar-refractivity contribution is 1.02. The van der Waals surface area contributed by atoms with Gasteiger partial charge in [-0.3, -0.25) is 4.40 Å². The van der Waals surface area contributed by atoms with E-state index in [4.69, 9.17) is 4.98 Å². The molecule has 0 radical (unpaired) electrons. The van der Waals surface area contributed by atoms with E-state index in [1.165, 1.54) is 32.9 Å². The van der Waals surface area contributed by atoms with Gasteiger partial charge in [0.2, 0.25) is 0 Å². The van der Waals surface area contributed by atoms with Crippen LogP contribution in [0.1, 0.15) is 17.0 Å². The van der Waals surface area contributed by atoms with E-state index in [-0.39, 0.29) is 0 Å². The van der Waals surface area contributed by atoms with Gasteiger partial charge in [-0.15, -0.1) is 0 Å². The van der Waals surface area contributed by atoms with Crippen LogP contribution in [0.25, 0.3) is 21.6 Å². The fourth-order valence-electron chi connectivity index (χ4n) is 3.49. The monoisotopic (exact) mass is 278 g/mol. The molecule has 3 aromatic rings. The Morgan fingerprint density at radius 3 is 2.65 bits per heavy atom. The fraction of sp³-hybridized carbons (Fsp3) is 0.235. The van der Waals surface area contributed by atoms with Crippen LogP contribution in [0.3, 0.4) is 0 Å². The summed E-state index contributed by atoms with van der Waals surface area (Å²) in [6.07, 6.45) is 2.06. The van der Waals surface area contributed by atoms with E-state index < -0.39 is 8.07 Å². The summed E-state index contributed by atoms with van der Waals surface area (Å²) in [5, 5.41) is 3.91. The van der Waals surface area contributed by atoms with Gasteiger partial charge in [-0.25, -0.2) is 4.98 Å². The van der Waals surface area contributed by atoms with E-state index >= 15 is 0 Å². The zero-order valence-electron chi connectivity index (χ0n) is 12.2. The molecule has 1 aromatic carbocycles. The standard InChI is InChI=1S/C17H18N2Si/c1-11-14-7-5-6-8-15(14)17-18-9-13-10-20(3,4)12(2)16(11)19(13)17/h5-9H,2,10H2,1,3-4H3. The van der Waals surface area contributed by atoms with Gasteiger partial charge in [-0.1, -0.05) is 43.9 Å². The number of hydrogen-bond acceptors (Lipinski definition) is 1. The molecule has 3 heterocycles. The van der Waals surface area contributed by atoms with E-state index in [1.807, 2.05) is 0 Å². The summed E-state index contributed by atoms with van der Waals surface area (Å²) in [5.74, 6) is 0. The van der Waals surface area contributed by atoms with Gasteiger partial charge >= 0.3 is 0 Å². The van der Waals surface area contributed by atoms with E-state index in [0.29, 0.717) is 0 Å². The van der Waals surface area contributed by atoms with Crippen LogP contribution in [0, 0.1) is 6.92 Å². The van der Waals surface area contributed by atoms with Crippen molar-refractivity contribution in [3.63, 3.8) is 0 Å². The third-order valence-corrected chi connectivity index (χ3v) is 7.83. The summed E-state index contributed by atoms with van der Waals surface area (Å²) < 4.78 is 2.35. The first kappa shape index (κ1) is 11.9. The third kappa shape index (κ3) is 1.31. The van der Waals surface area contributed by atoms with Crippen LogP contribution < -0.4 is 0 Å². The van der Waals surface area contributed by atoms with Gasteiger partial charge in [0.1, 0.15) is 5.65 Å². The Kier molecular flexibility index (Phi) is 2.15. The van der Waals surface area contributed by atoms with Crippen LogP contribution in [0.2, 0.25) is 13.1 Å². The molecule has 0 amide bonds. The van der Waals surface area contributed by atoms with Crippen molar-refractivity contribution in [1.82, 2.24) is 9.38 Å². The van der Waals surface area contributed by atoms with Crippen LogP contribution in [0.4, 0.5) is 0 Å². The van der Waals surface area contributed by atoms with Crippen molar-refractivity contribution < 1.29 is 0 Å². The smallest absolute Gasteiger partial charge is 0.145 e. The summed E-state index contributed by atoms with van der Waals surface area (Å²) in [6.45, 7) is 11.5. The Morgan fingerprint density at radius 2 is 1.90 bits per heavy atom. The highest BCUT2D eigenvalue weighted by Gasteiger charge is 2.34. The van der Waals surface area contributed by atoms with Crippen LogP contribution in [0.15, 0.2) is 37.0 Å². The first-order valence-electron chi connectivity index (χ1n) is 7.08. The van der Waals surface area contributed by atoms with Gasteiger partial charge < -0.3 is 0 Å². The molecule has 0 atom stereocenters. The Balaban J connectivity index is 2.29. The Bertz CT molecular complexity index is 887. The molecular formula is C17H18N2Si. The van der Waals surface area contributed by atoms with Crippen molar-refractivity contribution in [3.8, 4) is 0 Å². The van der Waals surface area contributed by atoms with E-state index in [9.17, 15) is 0 Å². The number of aryl methyl sites for hydroxylation is 1. The van der Waals surface area contributed by atoms with Crippen LogP contribution in [0.5, 0.6) is 0 Å². The lowest BCUT2D eigenvalue weighted by Crippen LogP contribution is -2.36. The number of aromatic nitrogens is 2. The Hall–Kier alpha value is -1.87. The van der Waals surface area contributed by atoms with Gasteiger partial charge in [0.05, 0.1) is 8.07 Å². The van der Waals surface area contributed by atoms with Gasteiger partial charge in [-0.05, 0) is 29.1 Å². The van der Waals surface area contributed by atoms with Crippen LogP contribution >= 0.6 is 0 Å². The van der Waals surface area contributed by atoms with E-state index in [1.54, 1.807) is 0 Å². The van der Waals surface area contributed by atoms with E-state index in [2.05, 4.69) is 61.5 Å². The predicted molar refractivity (Wildman–Crippen MR) is 87.7 cm³/mol. The molecule has 2 aromatic heterocycles. The molecule has 0 N–H and O–H groups in total. The molecule has 0 aliphatic carbocycles. The molecule has 20 heavy (non-hydrogen) atoms. The maximum Gasteiger partial charge on any atom is 0.145 e. The lowest BCUT2D eigenvalue weighted by Gasteiger charge is -2.32. The summed E-state index contributed by atoms with van der Waals surface area (Å²) in [7, 11) is -1.46. The van der Waals surface area contributed by atoms with Crippen molar-refractivity contribution >= 4 is 29.7 Å². The second-order valence-electron chi connectivity index (χ2n) is 6.47. The van der Waals surface area contributed by atoms with Crippen LogP contribution in [-0.4, -0.2) is 17.5 Å². The number of fused-ring (bicyclic) bond motifs is 2. The number of rotatable bonds is 0. The van der Waals surface area contributed by atoms with Gasteiger partial charge in [-0.2, -0.15) is 0 Å².